The van der Waals surface area contributed by atoms with Crippen molar-refractivity contribution in [3.63, 3.8) is 0 Å². The van der Waals surface area contributed by atoms with Crippen molar-refractivity contribution in [2.24, 2.45) is 5.92 Å². The predicted molar refractivity (Wildman–Crippen MR) is 225 cm³/mol. The van der Waals surface area contributed by atoms with Crippen molar-refractivity contribution in [2.75, 3.05) is 18.5 Å². The van der Waals surface area contributed by atoms with Gasteiger partial charge in [0.15, 0.2) is 5.71 Å². The lowest BCUT2D eigenvalue weighted by atomic mass is 9.70. The molecule has 1 unspecified atom stereocenters. The molecule has 2 heterocycles. The molecule has 0 bridgehead atoms. The van der Waals surface area contributed by atoms with Crippen molar-refractivity contribution in [1.29, 1.82) is 0 Å². The van der Waals surface area contributed by atoms with Crippen molar-refractivity contribution in [3.8, 4) is 0 Å². The number of rotatable bonds is 11. The molecule has 0 fully saturated rings. The molecule has 0 N–H and O–H groups in total. The topological polar surface area (TPSA) is 6.25 Å². The minimum Gasteiger partial charge on any atom is -0.344 e. The van der Waals surface area contributed by atoms with E-state index in [2.05, 4.69) is 207 Å². The third kappa shape index (κ3) is 6.46. The fraction of sp³-hybridized carbons (Fsp3) is 0.235. The highest BCUT2D eigenvalue weighted by Crippen LogP contribution is 2.52. The molecule has 2 heteroatoms. The molecule has 53 heavy (non-hydrogen) atoms. The third-order valence-corrected chi connectivity index (χ3v) is 11.8. The Morgan fingerprint density at radius 1 is 0.642 bits per heavy atom. The van der Waals surface area contributed by atoms with Gasteiger partial charge in [-0.15, -0.1) is 0 Å². The van der Waals surface area contributed by atoms with Crippen molar-refractivity contribution in [3.05, 3.63) is 203 Å². The smallest absolute Gasteiger partial charge is 0.210 e. The van der Waals surface area contributed by atoms with E-state index in [4.69, 9.17) is 0 Å². The van der Waals surface area contributed by atoms with Crippen LogP contribution in [-0.4, -0.2) is 23.9 Å². The molecular formula is C51H51N2+. The van der Waals surface area contributed by atoms with Gasteiger partial charge in [0.2, 0.25) is 5.69 Å². The van der Waals surface area contributed by atoms with Crippen molar-refractivity contribution in [2.45, 2.75) is 57.3 Å². The Kier molecular flexibility index (Phi) is 9.48. The number of fused-ring (bicyclic) bond motifs is 4. The predicted octanol–water partition coefficient (Wildman–Crippen LogP) is 11.8. The van der Waals surface area contributed by atoms with Gasteiger partial charge >= 0.3 is 0 Å². The Balaban J connectivity index is 1.30. The maximum absolute atomic E-state index is 2.65. The molecule has 6 aromatic rings. The summed E-state index contributed by atoms with van der Waals surface area (Å²) in [7, 11) is 2.26. The normalized spacial score (nSPS) is 18.4. The van der Waals surface area contributed by atoms with Crippen molar-refractivity contribution < 1.29 is 4.58 Å². The van der Waals surface area contributed by atoms with E-state index < -0.39 is 0 Å². The molecule has 0 amide bonds. The zero-order chi connectivity index (χ0) is 36.4. The van der Waals surface area contributed by atoms with Gasteiger partial charge in [0.05, 0.1) is 5.41 Å². The van der Waals surface area contributed by atoms with E-state index >= 15 is 0 Å². The molecule has 264 valence electrons. The molecule has 2 nitrogen and oxygen atoms in total. The first kappa shape index (κ1) is 34.6. The van der Waals surface area contributed by atoms with E-state index in [0.717, 1.165) is 32.2 Å². The number of nitrogens with zero attached hydrogens (tertiary/aromatic N) is 2. The van der Waals surface area contributed by atoms with Gasteiger partial charge in [-0.05, 0) is 89.8 Å². The van der Waals surface area contributed by atoms with Crippen LogP contribution < -0.4 is 4.90 Å². The lowest BCUT2D eigenvalue weighted by Gasteiger charge is -2.35. The second-order valence-electron chi connectivity index (χ2n) is 15.8. The summed E-state index contributed by atoms with van der Waals surface area (Å²) in [5.74, 6) is 0.604. The van der Waals surface area contributed by atoms with Crippen LogP contribution >= 0.6 is 0 Å². The highest BCUT2D eigenvalue weighted by molar-refractivity contribution is 6.08. The van der Waals surface area contributed by atoms with Crippen molar-refractivity contribution >= 4 is 27.9 Å². The molecule has 1 atom stereocenters. The zero-order valence-electron chi connectivity index (χ0n) is 31.7. The molecule has 2 aliphatic heterocycles. The maximum atomic E-state index is 2.65. The first-order chi connectivity index (χ1) is 25.9. The van der Waals surface area contributed by atoms with Crippen molar-refractivity contribution in [1.82, 2.24) is 0 Å². The lowest BCUT2D eigenvalue weighted by molar-refractivity contribution is -0.401. The monoisotopic (exact) mass is 691 g/mol. The molecular weight excluding hydrogens is 641 g/mol. The van der Waals surface area contributed by atoms with Crippen LogP contribution in [0.15, 0.2) is 176 Å². The second-order valence-corrected chi connectivity index (χ2v) is 15.8. The number of benzene rings is 6. The molecule has 0 radical (unpaired) electrons. The van der Waals surface area contributed by atoms with Crippen LogP contribution in [0.2, 0.25) is 0 Å². The van der Waals surface area contributed by atoms with Gasteiger partial charge in [0, 0.05) is 41.1 Å². The standard InChI is InChI=1S/C51H51N2/c1-38(2)33-34-53-45-28-17-16-27-44(45)51(36-40-21-10-6-11-22-40,37-41-23-12-7-13-24-41)48(53)30-18-29-47-50(3,35-39-19-8-5-9-20-39)49-43-26-15-14-25-42(43)31-32-46(49)52(47)4/h5-32,38H,33-37H2,1-4H3/q+1. The fourth-order valence-electron chi connectivity index (χ4n) is 9.30. The molecule has 0 saturated carbocycles. The van der Waals surface area contributed by atoms with E-state index in [9.17, 15) is 0 Å². The van der Waals surface area contributed by atoms with Crippen LogP contribution in [0.1, 0.15) is 55.0 Å². The summed E-state index contributed by atoms with van der Waals surface area (Å²) in [6.45, 7) is 8.12. The minimum atomic E-state index is -0.237. The number of hydrogen-bond acceptors (Lipinski definition) is 1. The molecule has 0 aliphatic carbocycles. The first-order valence-corrected chi connectivity index (χ1v) is 19.4. The number of hydrogen-bond donors (Lipinski definition) is 0. The summed E-state index contributed by atoms with van der Waals surface area (Å²) in [5, 5.41) is 2.63. The summed E-state index contributed by atoms with van der Waals surface area (Å²) in [5.41, 5.74) is 11.8. The largest absolute Gasteiger partial charge is 0.344 e. The van der Waals surface area contributed by atoms with Gasteiger partial charge in [-0.25, -0.2) is 0 Å². The van der Waals surface area contributed by atoms with Crippen LogP contribution in [-0.2, 0) is 30.1 Å². The van der Waals surface area contributed by atoms with Gasteiger partial charge in [-0.1, -0.05) is 153 Å². The van der Waals surface area contributed by atoms with Gasteiger partial charge in [0.25, 0.3) is 0 Å². The van der Waals surface area contributed by atoms with Gasteiger partial charge < -0.3 is 4.90 Å². The van der Waals surface area contributed by atoms with Crippen LogP contribution in [0.3, 0.4) is 0 Å². The average Bonchev–Trinajstić information content (AvgIpc) is 3.55. The molecule has 8 rings (SSSR count). The Labute approximate surface area is 316 Å². The SMILES string of the molecule is CC(C)CCN1C(=CC=CC2=[N+](C)c3ccc4ccccc4c3C2(C)Cc2ccccc2)C(Cc2ccccc2)(Cc2ccccc2)c2ccccc21. The van der Waals surface area contributed by atoms with Gasteiger partial charge in [0.1, 0.15) is 7.05 Å². The minimum absolute atomic E-state index is 0.220. The van der Waals surface area contributed by atoms with E-state index in [1.807, 2.05) is 0 Å². The Bertz CT molecular complexity index is 2270. The number of para-hydroxylation sites is 1. The van der Waals surface area contributed by atoms with Crippen LogP contribution in [0.5, 0.6) is 0 Å². The van der Waals surface area contributed by atoms with E-state index in [1.165, 1.54) is 61.4 Å². The Morgan fingerprint density at radius 2 is 1.21 bits per heavy atom. The third-order valence-electron chi connectivity index (χ3n) is 11.8. The molecule has 0 saturated heterocycles. The lowest BCUT2D eigenvalue weighted by Crippen LogP contribution is -2.36. The highest BCUT2D eigenvalue weighted by Gasteiger charge is 2.49. The summed E-state index contributed by atoms with van der Waals surface area (Å²) in [6, 6.07) is 56.0. The Morgan fingerprint density at radius 3 is 1.85 bits per heavy atom. The summed E-state index contributed by atoms with van der Waals surface area (Å²) >= 11 is 0. The average molecular weight is 692 g/mol. The molecule has 0 spiro atoms. The van der Waals surface area contributed by atoms with Crippen LogP contribution in [0.25, 0.3) is 10.8 Å². The van der Waals surface area contributed by atoms with Gasteiger partial charge in [-0.2, -0.15) is 4.58 Å². The maximum Gasteiger partial charge on any atom is 0.210 e. The van der Waals surface area contributed by atoms with Gasteiger partial charge in [-0.3, -0.25) is 0 Å². The summed E-state index contributed by atoms with van der Waals surface area (Å²) in [4.78, 5) is 2.65. The number of anilines is 1. The molecule has 6 aromatic carbocycles. The van der Waals surface area contributed by atoms with Crippen LogP contribution in [0.4, 0.5) is 11.4 Å². The second kappa shape index (κ2) is 14.5. The molecule has 0 aromatic heterocycles. The van der Waals surface area contributed by atoms with E-state index in [1.54, 1.807) is 0 Å². The zero-order valence-corrected chi connectivity index (χ0v) is 31.7. The van der Waals surface area contributed by atoms with E-state index in [0.29, 0.717) is 5.92 Å². The quantitative estimate of drug-likeness (QED) is 0.123. The summed E-state index contributed by atoms with van der Waals surface area (Å²) < 4.78 is 2.45. The highest BCUT2D eigenvalue weighted by atomic mass is 15.2. The molecule has 2 aliphatic rings. The number of allylic oxidation sites excluding steroid dienone is 4. The fourth-order valence-corrected chi connectivity index (χ4v) is 9.30. The van der Waals surface area contributed by atoms with E-state index in [-0.39, 0.29) is 10.8 Å². The summed E-state index contributed by atoms with van der Waals surface area (Å²) in [6.07, 6.45) is 11.2. The van der Waals surface area contributed by atoms with Crippen LogP contribution in [0, 0.1) is 5.92 Å². The first-order valence-electron chi connectivity index (χ1n) is 19.4. The Hall–Kier alpha value is -5.47.